The molecule has 0 fully saturated rings. The summed E-state index contributed by atoms with van der Waals surface area (Å²) in [4.78, 5) is 10.0. The fourth-order valence-corrected chi connectivity index (χ4v) is 1.21. The molecule has 0 aliphatic heterocycles. The maximum absolute atomic E-state index is 10.5. The molecule has 0 amide bonds. The van der Waals surface area contributed by atoms with Gasteiger partial charge in [0.25, 0.3) is 5.69 Å². The molecule has 15 heavy (non-hydrogen) atoms. The molecule has 0 unspecified atom stereocenters. The molecule has 1 rings (SSSR count). The summed E-state index contributed by atoms with van der Waals surface area (Å²) in [5, 5.41) is 19.0. The van der Waals surface area contributed by atoms with Crippen molar-refractivity contribution >= 4 is 23.4 Å². The highest BCUT2D eigenvalue weighted by Gasteiger charge is 2.11. The smallest absolute Gasteiger partial charge is 0.258 e. The lowest BCUT2D eigenvalue weighted by Crippen LogP contribution is -1.89. The number of benzene rings is 1. The van der Waals surface area contributed by atoms with E-state index in [-0.39, 0.29) is 17.1 Å². The standard InChI is InChI=1S/C10H7ClN2O2/c11-9-5-4-8(3-1-2-6-12)7-10(9)13(14)15/h1,3-5,7H,2H2. The molecular weight excluding hydrogens is 216 g/mol. The van der Waals surface area contributed by atoms with Crippen molar-refractivity contribution in [1.82, 2.24) is 0 Å². The van der Waals surface area contributed by atoms with Gasteiger partial charge in [-0.15, -0.1) is 0 Å². The lowest BCUT2D eigenvalue weighted by atomic mass is 10.2. The Bertz CT molecular complexity index is 449. The van der Waals surface area contributed by atoms with Gasteiger partial charge in [0.15, 0.2) is 0 Å². The quantitative estimate of drug-likeness (QED) is 0.583. The molecule has 0 atom stereocenters. The van der Waals surface area contributed by atoms with Crippen LogP contribution in [-0.4, -0.2) is 4.92 Å². The Morgan fingerprint density at radius 1 is 1.60 bits per heavy atom. The first kappa shape index (κ1) is 11.2. The average Bonchev–Trinajstić information content (AvgIpc) is 2.20. The number of nitriles is 1. The number of nitrogens with zero attached hydrogens (tertiary/aromatic N) is 2. The molecule has 0 saturated heterocycles. The van der Waals surface area contributed by atoms with Gasteiger partial charge >= 0.3 is 0 Å². The molecule has 4 nitrogen and oxygen atoms in total. The van der Waals surface area contributed by atoms with Crippen LogP contribution in [0.25, 0.3) is 6.08 Å². The van der Waals surface area contributed by atoms with Gasteiger partial charge in [0, 0.05) is 6.07 Å². The molecule has 5 heteroatoms. The summed E-state index contributed by atoms with van der Waals surface area (Å²) < 4.78 is 0. The van der Waals surface area contributed by atoms with Crippen molar-refractivity contribution in [3.63, 3.8) is 0 Å². The zero-order chi connectivity index (χ0) is 11.3. The van der Waals surface area contributed by atoms with Gasteiger partial charge in [-0.2, -0.15) is 5.26 Å². The number of rotatable bonds is 3. The van der Waals surface area contributed by atoms with Gasteiger partial charge in [0.1, 0.15) is 5.02 Å². The summed E-state index contributed by atoms with van der Waals surface area (Å²) in [5.74, 6) is 0. The molecule has 76 valence electrons. The van der Waals surface area contributed by atoms with Crippen LogP contribution in [0.1, 0.15) is 12.0 Å². The Morgan fingerprint density at radius 3 is 2.93 bits per heavy atom. The van der Waals surface area contributed by atoms with Crippen LogP contribution in [0.2, 0.25) is 5.02 Å². The van der Waals surface area contributed by atoms with Crippen LogP contribution < -0.4 is 0 Å². The Balaban J connectivity index is 2.98. The molecule has 0 heterocycles. The van der Waals surface area contributed by atoms with Crippen molar-refractivity contribution in [3.8, 4) is 6.07 Å². The average molecular weight is 223 g/mol. The van der Waals surface area contributed by atoms with E-state index in [2.05, 4.69) is 0 Å². The Kier molecular flexibility index (Phi) is 3.83. The van der Waals surface area contributed by atoms with Gasteiger partial charge in [-0.1, -0.05) is 29.8 Å². The predicted molar refractivity (Wildman–Crippen MR) is 57.4 cm³/mol. The maximum Gasteiger partial charge on any atom is 0.288 e. The molecule has 0 saturated carbocycles. The fraction of sp³-hybridized carbons (Fsp3) is 0.100. The van der Waals surface area contributed by atoms with Crippen LogP contribution in [-0.2, 0) is 0 Å². The molecule has 0 bridgehead atoms. The number of allylic oxidation sites excluding steroid dienone is 1. The lowest BCUT2D eigenvalue weighted by molar-refractivity contribution is -0.384. The van der Waals surface area contributed by atoms with E-state index >= 15 is 0 Å². The Labute approximate surface area is 91.6 Å². The summed E-state index contributed by atoms with van der Waals surface area (Å²) in [6, 6.07) is 6.43. The first-order valence-electron chi connectivity index (χ1n) is 4.12. The predicted octanol–water partition coefficient (Wildman–Crippen LogP) is 3.18. The van der Waals surface area contributed by atoms with Crippen molar-refractivity contribution in [3.05, 3.63) is 45.0 Å². The van der Waals surface area contributed by atoms with Gasteiger partial charge in [-0.25, -0.2) is 0 Å². The van der Waals surface area contributed by atoms with Gasteiger partial charge < -0.3 is 0 Å². The van der Waals surface area contributed by atoms with Gasteiger partial charge in [-0.05, 0) is 11.6 Å². The number of halogens is 1. The van der Waals surface area contributed by atoms with Crippen molar-refractivity contribution in [2.24, 2.45) is 0 Å². The van der Waals surface area contributed by atoms with Crippen molar-refractivity contribution in [1.29, 1.82) is 5.26 Å². The lowest BCUT2D eigenvalue weighted by Gasteiger charge is -1.96. The Morgan fingerprint density at radius 2 is 2.33 bits per heavy atom. The molecule has 0 radical (unpaired) electrons. The monoisotopic (exact) mass is 222 g/mol. The van der Waals surface area contributed by atoms with E-state index < -0.39 is 4.92 Å². The second kappa shape index (κ2) is 5.13. The molecule has 0 spiro atoms. The first-order valence-corrected chi connectivity index (χ1v) is 4.50. The summed E-state index contributed by atoms with van der Waals surface area (Å²) in [7, 11) is 0. The summed E-state index contributed by atoms with van der Waals surface area (Å²) in [6.45, 7) is 0. The summed E-state index contributed by atoms with van der Waals surface area (Å²) >= 11 is 5.63. The van der Waals surface area contributed by atoms with E-state index in [4.69, 9.17) is 16.9 Å². The zero-order valence-corrected chi connectivity index (χ0v) is 8.44. The summed E-state index contributed by atoms with van der Waals surface area (Å²) in [5.41, 5.74) is 0.525. The minimum atomic E-state index is -0.538. The highest BCUT2D eigenvalue weighted by Crippen LogP contribution is 2.25. The van der Waals surface area contributed by atoms with Gasteiger partial charge in [-0.3, -0.25) is 10.1 Å². The normalized spacial score (nSPS) is 10.1. The molecule has 0 aliphatic carbocycles. The van der Waals surface area contributed by atoms with E-state index in [1.165, 1.54) is 12.1 Å². The van der Waals surface area contributed by atoms with Crippen molar-refractivity contribution < 1.29 is 4.92 Å². The second-order valence-electron chi connectivity index (χ2n) is 2.73. The third-order valence-electron chi connectivity index (χ3n) is 1.69. The number of nitro benzene ring substituents is 1. The van der Waals surface area contributed by atoms with Crippen LogP contribution in [0.4, 0.5) is 5.69 Å². The van der Waals surface area contributed by atoms with E-state index in [1.807, 2.05) is 6.07 Å². The van der Waals surface area contributed by atoms with Gasteiger partial charge in [0.05, 0.1) is 17.4 Å². The van der Waals surface area contributed by atoms with Crippen LogP contribution in [0, 0.1) is 21.4 Å². The topological polar surface area (TPSA) is 66.9 Å². The number of hydrogen-bond donors (Lipinski definition) is 0. The van der Waals surface area contributed by atoms with E-state index in [0.717, 1.165) is 0 Å². The van der Waals surface area contributed by atoms with Crippen LogP contribution >= 0.6 is 11.6 Å². The third kappa shape index (κ3) is 3.08. The van der Waals surface area contributed by atoms with Crippen LogP contribution in [0.15, 0.2) is 24.3 Å². The summed E-state index contributed by atoms with van der Waals surface area (Å²) in [6.07, 6.45) is 3.55. The van der Waals surface area contributed by atoms with Crippen molar-refractivity contribution in [2.45, 2.75) is 6.42 Å². The van der Waals surface area contributed by atoms with Gasteiger partial charge in [0.2, 0.25) is 0 Å². The minimum Gasteiger partial charge on any atom is -0.258 e. The Hall–Kier alpha value is -1.86. The highest BCUT2D eigenvalue weighted by molar-refractivity contribution is 6.32. The molecule has 0 N–H and O–H groups in total. The van der Waals surface area contributed by atoms with Crippen molar-refractivity contribution in [2.75, 3.05) is 0 Å². The van der Waals surface area contributed by atoms with Crippen LogP contribution in [0.5, 0.6) is 0 Å². The molecule has 1 aromatic rings. The molecular formula is C10H7ClN2O2. The van der Waals surface area contributed by atoms with E-state index in [1.54, 1.807) is 18.2 Å². The SMILES string of the molecule is N#CCC=Cc1ccc(Cl)c([N+](=O)[O-])c1. The van der Waals surface area contributed by atoms with Crippen LogP contribution in [0.3, 0.4) is 0 Å². The third-order valence-corrected chi connectivity index (χ3v) is 2.01. The molecule has 1 aromatic carbocycles. The van der Waals surface area contributed by atoms with E-state index in [9.17, 15) is 10.1 Å². The molecule has 0 aliphatic rings. The fourth-order valence-electron chi connectivity index (χ4n) is 1.02. The number of nitro groups is 1. The number of hydrogen-bond acceptors (Lipinski definition) is 3. The maximum atomic E-state index is 10.5. The second-order valence-corrected chi connectivity index (χ2v) is 3.14. The first-order chi connectivity index (χ1) is 7.15. The molecule has 0 aromatic heterocycles. The minimum absolute atomic E-state index is 0.109. The zero-order valence-electron chi connectivity index (χ0n) is 7.68. The van der Waals surface area contributed by atoms with E-state index in [0.29, 0.717) is 5.56 Å². The highest BCUT2D eigenvalue weighted by atomic mass is 35.5. The largest absolute Gasteiger partial charge is 0.288 e.